The predicted octanol–water partition coefficient (Wildman–Crippen LogP) is 5.99. The van der Waals surface area contributed by atoms with Crippen LogP contribution in [0.3, 0.4) is 0 Å². The van der Waals surface area contributed by atoms with Gasteiger partial charge in [-0.05, 0) is 12.8 Å². The van der Waals surface area contributed by atoms with Gasteiger partial charge in [0.05, 0.1) is 12.2 Å². The minimum Gasteiger partial charge on any atom is -0.390 e. The van der Waals surface area contributed by atoms with Crippen molar-refractivity contribution in [1.82, 2.24) is 0 Å². The van der Waals surface area contributed by atoms with Gasteiger partial charge in [-0.25, -0.2) is 0 Å². The molecule has 0 aromatic rings. The molecule has 0 aliphatic rings. The molecule has 0 aliphatic heterocycles. The van der Waals surface area contributed by atoms with Gasteiger partial charge in [-0.15, -0.1) is 0 Å². The Kier molecular flexibility index (Phi) is 17.2. The lowest BCUT2D eigenvalue weighted by molar-refractivity contribution is 0.0114. The van der Waals surface area contributed by atoms with Gasteiger partial charge in [0.25, 0.3) is 0 Å². The van der Waals surface area contributed by atoms with Crippen LogP contribution in [0.1, 0.15) is 117 Å². The molecule has 2 nitrogen and oxygen atoms in total. The van der Waals surface area contributed by atoms with E-state index in [1.807, 2.05) is 6.92 Å². The first kappa shape index (κ1) is 21.9. The Hall–Kier alpha value is -0.0800. The van der Waals surface area contributed by atoms with E-state index < -0.39 is 12.2 Å². The number of aliphatic hydroxyl groups excluding tert-OH is 2. The molecule has 0 heterocycles. The Labute approximate surface area is 139 Å². The van der Waals surface area contributed by atoms with Crippen LogP contribution in [0.4, 0.5) is 0 Å². The topological polar surface area (TPSA) is 40.5 Å². The highest BCUT2D eigenvalue weighted by atomic mass is 16.3. The molecule has 2 atom stereocenters. The summed E-state index contributed by atoms with van der Waals surface area (Å²) >= 11 is 0. The third-order valence-corrected chi connectivity index (χ3v) is 4.72. The zero-order valence-corrected chi connectivity index (χ0v) is 15.4. The summed E-state index contributed by atoms with van der Waals surface area (Å²) in [6.45, 7) is 4.19. The van der Waals surface area contributed by atoms with E-state index in [4.69, 9.17) is 0 Å². The van der Waals surface area contributed by atoms with Crippen LogP contribution in [-0.2, 0) is 0 Å². The highest BCUT2D eigenvalue weighted by Gasteiger charge is 2.12. The average molecular weight is 315 g/mol. The van der Waals surface area contributed by atoms with Crippen molar-refractivity contribution in [2.24, 2.45) is 0 Å². The quantitative estimate of drug-likeness (QED) is 0.324. The summed E-state index contributed by atoms with van der Waals surface area (Å²) in [4.78, 5) is 0. The van der Waals surface area contributed by atoms with Crippen LogP contribution in [-0.4, -0.2) is 22.4 Å². The molecular weight excluding hydrogens is 272 g/mol. The summed E-state index contributed by atoms with van der Waals surface area (Å²) in [5.41, 5.74) is 0. The van der Waals surface area contributed by atoms with E-state index >= 15 is 0 Å². The fraction of sp³-hybridized carbons (Fsp3) is 1.00. The molecule has 0 saturated heterocycles. The summed E-state index contributed by atoms with van der Waals surface area (Å²) in [7, 11) is 0. The number of rotatable bonds is 17. The second kappa shape index (κ2) is 17.3. The summed E-state index contributed by atoms with van der Waals surface area (Å²) < 4.78 is 0. The number of unbranched alkanes of at least 4 members (excludes halogenated alkanes) is 13. The summed E-state index contributed by atoms with van der Waals surface area (Å²) in [5, 5.41) is 19.1. The largest absolute Gasteiger partial charge is 0.390 e. The lowest BCUT2D eigenvalue weighted by Crippen LogP contribution is -2.24. The van der Waals surface area contributed by atoms with Crippen molar-refractivity contribution in [3.8, 4) is 0 Å². The lowest BCUT2D eigenvalue weighted by Gasteiger charge is -2.15. The first-order valence-electron chi connectivity index (χ1n) is 10.1. The van der Waals surface area contributed by atoms with Gasteiger partial charge in [-0.2, -0.15) is 0 Å². The van der Waals surface area contributed by atoms with Crippen LogP contribution in [0.2, 0.25) is 0 Å². The van der Waals surface area contributed by atoms with Gasteiger partial charge < -0.3 is 10.2 Å². The van der Waals surface area contributed by atoms with Gasteiger partial charge in [0, 0.05) is 0 Å². The second-order valence-corrected chi connectivity index (χ2v) is 6.93. The van der Waals surface area contributed by atoms with Crippen LogP contribution >= 0.6 is 0 Å². The summed E-state index contributed by atoms with van der Waals surface area (Å²) in [5.74, 6) is 0. The minimum atomic E-state index is -0.526. The van der Waals surface area contributed by atoms with Gasteiger partial charge in [0.1, 0.15) is 0 Å². The van der Waals surface area contributed by atoms with Crippen LogP contribution in [0.25, 0.3) is 0 Å². The zero-order chi connectivity index (χ0) is 16.5. The molecular formula is C20H42O2. The predicted molar refractivity (Wildman–Crippen MR) is 97.2 cm³/mol. The molecule has 0 fully saturated rings. The average Bonchev–Trinajstić information content (AvgIpc) is 2.54. The van der Waals surface area contributed by atoms with E-state index in [0.29, 0.717) is 6.42 Å². The van der Waals surface area contributed by atoms with Gasteiger partial charge >= 0.3 is 0 Å². The molecule has 2 heteroatoms. The SMILES string of the molecule is CCCCCCCCCCCCCCCCC(O)C(O)CC. The fourth-order valence-corrected chi connectivity index (χ4v) is 3.01. The maximum absolute atomic E-state index is 9.66. The summed E-state index contributed by atoms with van der Waals surface area (Å²) in [6.07, 6.45) is 19.3. The highest BCUT2D eigenvalue weighted by Crippen LogP contribution is 2.14. The van der Waals surface area contributed by atoms with E-state index in [0.717, 1.165) is 12.8 Å². The van der Waals surface area contributed by atoms with Crippen molar-refractivity contribution in [2.45, 2.75) is 129 Å². The molecule has 0 saturated carbocycles. The minimum absolute atomic E-state index is 0.512. The van der Waals surface area contributed by atoms with E-state index in [1.54, 1.807) is 0 Å². The molecule has 0 amide bonds. The monoisotopic (exact) mass is 314 g/mol. The van der Waals surface area contributed by atoms with E-state index in [1.165, 1.54) is 83.5 Å². The first-order chi connectivity index (χ1) is 10.7. The Morgan fingerprint density at radius 1 is 0.500 bits per heavy atom. The molecule has 2 N–H and O–H groups in total. The summed E-state index contributed by atoms with van der Waals surface area (Å²) in [6, 6.07) is 0. The Balaban J connectivity index is 3.08. The van der Waals surface area contributed by atoms with Crippen LogP contribution in [0.5, 0.6) is 0 Å². The Morgan fingerprint density at radius 3 is 1.23 bits per heavy atom. The van der Waals surface area contributed by atoms with Gasteiger partial charge in [0.15, 0.2) is 0 Å². The van der Waals surface area contributed by atoms with Crippen molar-refractivity contribution in [3.05, 3.63) is 0 Å². The van der Waals surface area contributed by atoms with Gasteiger partial charge in [-0.3, -0.25) is 0 Å². The zero-order valence-electron chi connectivity index (χ0n) is 15.4. The molecule has 2 unspecified atom stereocenters. The van der Waals surface area contributed by atoms with Crippen LogP contribution in [0, 0.1) is 0 Å². The lowest BCUT2D eigenvalue weighted by atomic mass is 10.0. The maximum Gasteiger partial charge on any atom is 0.0799 e. The molecule has 0 rings (SSSR count). The molecule has 134 valence electrons. The van der Waals surface area contributed by atoms with E-state index in [9.17, 15) is 10.2 Å². The molecule has 0 aromatic heterocycles. The molecule has 0 aromatic carbocycles. The van der Waals surface area contributed by atoms with E-state index in [-0.39, 0.29) is 0 Å². The smallest absolute Gasteiger partial charge is 0.0799 e. The standard InChI is InChI=1S/C20H42O2/c1-3-5-6-7-8-9-10-11-12-13-14-15-16-17-18-20(22)19(21)4-2/h19-22H,3-18H2,1-2H3. The Morgan fingerprint density at radius 2 is 0.864 bits per heavy atom. The van der Waals surface area contributed by atoms with Crippen molar-refractivity contribution in [2.75, 3.05) is 0 Å². The second-order valence-electron chi connectivity index (χ2n) is 6.93. The first-order valence-corrected chi connectivity index (χ1v) is 10.1. The van der Waals surface area contributed by atoms with Gasteiger partial charge in [-0.1, -0.05) is 104 Å². The van der Waals surface area contributed by atoms with Crippen molar-refractivity contribution >= 4 is 0 Å². The molecule has 0 radical (unpaired) electrons. The number of hydrogen-bond donors (Lipinski definition) is 2. The molecule has 0 bridgehead atoms. The van der Waals surface area contributed by atoms with Crippen LogP contribution < -0.4 is 0 Å². The number of hydrogen-bond acceptors (Lipinski definition) is 2. The third kappa shape index (κ3) is 14.8. The normalized spacial score (nSPS) is 14.2. The molecule has 0 spiro atoms. The maximum atomic E-state index is 9.66. The van der Waals surface area contributed by atoms with E-state index in [2.05, 4.69) is 6.92 Å². The number of aliphatic hydroxyl groups is 2. The Bertz CT molecular complexity index is 206. The van der Waals surface area contributed by atoms with Crippen molar-refractivity contribution < 1.29 is 10.2 Å². The van der Waals surface area contributed by atoms with Crippen LogP contribution in [0.15, 0.2) is 0 Å². The van der Waals surface area contributed by atoms with Crippen molar-refractivity contribution in [1.29, 1.82) is 0 Å². The third-order valence-electron chi connectivity index (χ3n) is 4.72. The van der Waals surface area contributed by atoms with Crippen molar-refractivity contribution in [3.63, 3.8) is 0 Å². The van der Waals surface area contributed by atoms with Gasteiger partial charge in [0.2, 0.25) is 0 Å². The highest BCUT2D eigenvalue weighted by molar-refractivity contribution is 4.65. The fourth-order valence-electron chi connectivity index (χ4n) is 3.01. The molecule has 22 heavy (non-hydrogen) atoms. The molecule has 0 aliphatic carbocycles.